The summed E-state index contributed by atoms with van der Waals surface area (Å²) in [5.41, 5.74) is 20.6. The predicted molar refractivity (Wildman–Crippen MR) is 220 cm³/mol. The first-order chi connectivity index (χ1) is 25.7. The summed E-state index contributed by atoms with van der Waals surface area (Å²) in [6, 6.07) is 59.8. The van der Waals surface area contributed by atoms with Crippen molar-refractivity contribution in [2.24, 2.45) is 5.73 Å². The highest BCUT2D eigenvalue weighted by Crippen LogP contribution is 2.40. The van der Waals surface area contributed by atoms with Crippen LogP contribution < -0.4 is 16.2 Å². The summed E-state index contributed by atoms with van der Waals surface area (Å²) in [7, 11) is 0. The van der Waals surface area contributed by atoms with Gasteiger partial charge in [0.1, 0.15) is 0 Å². The molecule has 244 valence electrons. The summed E-state index contributed by atoms with van der Waals surface area (Å²) in [6.45, 7) is 2.10. The van der Waals surface area contributed by atoms with Crippen molar-refractivity contribution in [2.75, 3.05) is 0 Å². The highest BCUT2D eigenvalue weighted by molar-refractivity contribution is 6.15. The monoisotopic (exact) mass is 663 g/mol. The van der Waals surface area contributed by atoms with Crippen LogP contribution in [0.4, 0.5) is 0 Å². The minimum absolute atomic E-state index is 0.856. The van der Waals surface area contributed by atoms with E-state index >= 15 is 0 Å². The minimum atomic E-state index is 0.856. The molecule has 0 saturated carbocycles. The molecule has 0 saturated heterocycles. The van der Waals surface area contributed by atoms with E-state index in [1.165, 1.54) is 82.3 Å². The van der Waals surface area contributed by atoms with Crippen molar-refractivity contribution in [2.45, 2.75) is 6.92 Å². The van der Waals surface area contributed by atoms with E-state index in [1.54, 1.807) is 0 Å². The van der Waals surface area contributed by atoms with E-state index in [0.29, 0.717) is 0 Å². The zero-order valence-corrected chi connectivity index (χ0v) is 28.6. The molecular weight excluding hydrogens is 631 g/mol. The summed E-state index contributed by atoms with van der Waals surface area (Å²) < 4.78 is 4.82. The SMILES string of the molecule is C/C=c1/cc(-n2c3ccccc3c3cc(-c4ccc5c(c4)c4cc6ccccc6cc4n5-c4ccccc4)ccc32)cc2c1=C(N)c1ccccc1-2. The molecule has 10 aromatic rings. The Kier molecular flexibility index (Phi) is 6.03. The van der Waals surface area contributed by atoms with Gasteiger partial charge < -0.3 is 14.9 Å². The Morgan fingerprint density at radius 1 is 0.423 bits per heavy atom. The van der Waals surface area contributed by atoms with Crippen LogP contribution in [-0.4, -0.2) is 9.13 Å². The van der Waals surface area contributed by atoms with Crippen LogP contribution in [0.3, 0.4) is 0 Å². The van der Waals surface area contributed by atoms with E-state index in [0.717, 1.165) is 27.4 Å². The van der Waals surface area contributed by atoms with Crippen molar-refractivity contribution in [3.63, 3.8) is 0 Å². The molecule has 0 spiro atoms. The lowest BCUT2D eigenvalue weighted by atomic mass is 10.00. The summed E-state index contributed by atoms with van der Waals surface area (Å²) in [6.07, 6.45) is 2.18. The molecule has 1 aliphatic carbocycles. The average Bonchev–Trinajstić information content (AvgIpc) is 3.81. The summed E-state index contributed by atoms with van der Waals surface area (Å²) in [5.74, 6) is 0. The molecule has 0 aliphatic heterocycles. The molecule has 0 fully saturated rings. The first kappa shape index (κ1) is 28.9. The van der Waals surface area contributed by atoms with Gasteiger partial charge in [0.25, 0.3) is 0 Å². The fourth-order valence-electron chi connectivity index (χ4n) is 8.78. The number of fused-ring (bicyclic) bond motifs is 10. The maximum Gasteiger partial charge on any atom is 0.0547 e. The van der Waals surface area contributed by atoms with Crippen LogP contribution in [0.2, 0.25) is 0 Å². The molecule has 0 atom stereocenters. The van der Waals surface area contributed by atoms with Crippen LogP contribution in [0, 0.1) is 0 Å². The first-order valence-corrected chi connectivity index (χ1v) is 17.9. The third-order valence-electron chi connectivity index (χ3n) is 11.2. The normalized spacial score (nSPS) is 12.9. The van der Waals surface area contributed by atoms with Crippen molar-refractivity contribution in [3.05, 3.63) is 180 Å². The standard InChI is InChI=1S/C49H33N3/c1-2-30-24-36(29-43-37-16-8-9-18-39(37)49(50)48(30)43)52-44-19-11-10-17-38(44)40-26-33(20-22-45(40)52)34-21-23-46-41(27-34)42-25-31-12-6-7-13-32(31)28-47(42)51(46)35-14-4-3-5-15-35/h2-29H,50H2,1H3/b30-2-. The average molecular weight is 664 g/mol. The van der Waals surface area contributed by atoms with E-state index in [2.05, 4.69) is 186 Å². The van der Waals surface area contributed by atoms with Crippen LogP contribution in [0.5, 0.6) is 0 Å². The number of para-hydroxylation sites is 2. The van der Waals surface area contributed by atoms with Crippen molar-refractivity contribution < 1.29 is 0 Å². The topological polar surface area (TPSA) is 35.9 Å². The van der Waals surface area contributed by atoms with E-state index < -0.39 is 0 Å². The molecule has 3 heteroatoms. The summed E-state index contributed by atoms with van der Waals surface area (Å²) >= 11 is 0. The van der Waals surface area contributed by atoms with Crippen LogP contribution in [0.25, 0.3) is 99.8 Å². The van der Waals surface area contributed by atoms with Crippen LogP contribution in [0.15, 0.2) is 164 Å². The molecule has 8 aromatic carbocycles. The smallest absolute Gasteiger partial charge is 0.0547 e. The van der Waals surface area contributed by atoms with Crippen LogP contribution in [0.1, 0.15) is 12.5 Å². The fourth-order valence-corrected chi connectivity index (χ4v) is 8.78. The van der Waals surface area contributed by atoms with Gasteiger partial charge in [0.05, 0.1) is 22.1 Å². The molecule has 1 aliphatic rings. The molecule has 0 bridgehead atoms. The quantitative estimate of drug-likeness (QED) is 0.201. The largest absolute Gasteiger partial charge is 0.398 e. The van der Waals surface area contributed by atoms with Crippen molar-refractivity contribution in [3.8, 4) is 33.6 Å². The third-order valence-corrected chi connectivity index (χ3v) is 11.2. The molecule has 2 N–H and O–H groups in total. The van der Waals surface area contributed by atoms with Gasteiger partial charge in [-0.15, -0.1) is 0 Å². The Morgan fingerprint density at radius 3 is 1.75 bits per heavy atom. The molecule has 2 heterocycles. The van der Waals surface area contributed by atoms with Gasteiger partial charge in [0.15, 0.2) is 0 Å². The number of hydrogen-bond donors (Lipinski definition) is 1. The van der Waals surface area contributed by atoms with E-state index in [1.807, 2.05) is 0 Å². The van der Waals surface area contributed by atoms with Gasteiger partial charge in [-0.1, -0.05) is 103 Å². The second-order valence-corrected chi connectivity index (χ2v) is 13.9. The minimum Gasteiger partial charge on any atom is -0.398 e. The number of hydrogen-bond acceptors (Lipinski definition) is 1. The van der Waals surface area contributed by atoms with Crippen LogP contribution in [-0.2, 0) is 0 Å². The second kappa shape index (κ2) is 10.8. The predicted octanol–water partition coefficient (Wildman–Crippen LogP) is 10.6. The Balaban J connectivity index is 1.13. The fraction of sp³-hybridized carbons (Fsp3) is 0.0204. The molecular formula is C49H33N3. The van der Waals surface area contributed by atoms with Crippen LogP contribution >= 0.6 is 0 Å². The van der Waals surface area contributed by atoms with E-state index in [9.17, 15) is 0 Å². The molecule has 2 aromatic heterocycles. The van der Waals surface area contributed by atoms with Gasteiger partial charge in [-0.05, 0) is 112 Å². The Bertz CT molecular complexity index is 3250. The van der Waals surface area contributed by atoms with Gasteiger partial charge in [0, 0.05) is 49.4 Å². The third kappa shape index (κ3) is 4.02. The van der Waals surface area contributed by atoms with E-state index in [4.69, 9.17) is 5.73 Å². The number of benzene rings is 8. The first-order valence-electron chi connectivity index (χ1n) is 17.9. The van der Waals surface area contributed by atoms with Gasteiger partial charge in [-0.25, -0.2) is 0 Å². The zero-order valence-electron chi connectivity index (χ0n) is 28.6. The van der Waals surface area contributed by atoms with Crippen molar-refractivity contribution in [1.82, 2.24) is 9.13 Å². The lowest BCUT2D eigenvalue weighted by molar-refractivity contribution is 1.17. The Hall–Kier alpha value is -6.84. The number of rotatable bonds is 3. The number of nitrogens with zero attached hydrogens (tertiary/aromatic N) is 2. The molecule has 52 heavy (non-hydrogen) atoms. The highest BCUT2D eigenvalue weighted by Gasteiger charge is 2.21. The summed E-state index contributed by atoms with van der Waals surface area (Å²) in [4.78, 5) is 0. The van der Waals surface area contributed by atoms with Gasteiger partial charge in [0.2, 0.25) is 0 Å². The molecule has 0 amide bonds. The van der Waals surface area contributed by atoms with Crippen molar-refractivity contribution in [1.29, 1.82) is 0 Å². The Labute approximate surface area is 300 Å². The Morgan fingerprint density at radius 2 is 1.00 bits per heavy atom. The summed E-state index contributed by atoms with van der Waals surface area (Å²) in [5, 5.41) is 9.77. The van der Waals surface area contributed by atoms with Gasteiger partial charge in [-0.3, -0.25) is 0 Å². The molecule has 0 radical (unpaired) electrons. The van der Waals surface area contributed by atoms with Crippen molar-refractivity contribution >= 4 is 66.2 Å². The molecule has 11 rings (SSSR count). The maximum atomic E-state index is 6.77. The second-order valence-electron chi connectivity index (χ2n) is 13.9. The molecule has 0 unspecified atom stereocenters. The van der Waals surface area contributed by atoms with Gasteiger partial charge in [-0.2, -0.15) is 0 Å². The van der Waals surface area contributed by atoms with Gasteiger partial charge >= 0.3 is 0 Å². The lowest BCUT2D eigenvalue weighted by Crippen LogP contribution is -2.29. The van der Waals surface area contributed by atoms with E-state index in [-0.39, 0.29) is 0 Å². The molecule has 3 nitrogen and oxygen atoms in total. The lowest BCUT2D eigenvalue weighted by Gasteiger charge is -2.11. The number of nitrogens with two attached hydrogens (primary N) is 1. The highest BCUT2D eigenvalue weighted by atomic mass is 15.0. The zero-order chi connectivity index (χ0) is 34.5. The maximum absolute atomic E-state index is 6.77. The number of aromatic nitrogens is 2.